The summed E-state index contributed by atoms with van der Waals surface area (Å²) in [5, 5.41) is 6.74. The van der Waals surface area contributed by atoms with Crippen molar-refractivity contribution in [2.24, 2.45) is 0 Å². The van der Waals surface area contributed by atoms with Gasteiger partial charge in [0.05, 0.1) is 5.69 Å². The fourth-order valence-corrected chi connectivity index (χ4v) is 1.89. The van der Waals surface area contributed by atoms with Crippen LogP contribution in [-0.2, 0) is 0 Å². The van der Waals surface area contributed by atoms with Crippen molar-refractivity contribution in [1.82, 2.24) is 4.98 Å². The van der Waals surface area contributed by atoms with Gasteiger partial charge in [-0.25, -0.2) is 4.98 Å². The highest BCUT2D eigenvalue weighted by Crippen LogP contribution is 2.32. The molecule has 3 nitrogen and oxygen atoms in total. The van der Waals surface area contributed by atoms with Crippen LogP contribution in [0.4, 0.5) is 11.5 Å². The normalized spacial score (nSPS) is 17.4. The summed E-state index contributed by atoms with van der Waals surface area (Å²) >= 11 is 0. The molecule has 16 heavy (non-hydrogen) atoms. The molecular weight excluding hydrogens is 198 g/mol. The van der Waals surface area contributed by atoms with E-state index in [4.69, 9.17) is 0 Å². The van der Waals surface area contributed by atoms with E-state index in [0.29, 0.717) is 0 Å². The summed E-state index contributed by atoms with van der Waals surface area (Å²) in [5.41, 5.74) is 3.56. The summed E-state index contributed by atoms with van der Waals surface area (Å²) in [4.78, 5) is 4.28. The maximum Gasteiger partial charge on any atom is 0.151 e. The number of aromatic nitrogens is 1. The molecule has 80 valence electrons. The number of anilines is 2. The van der Waals surface area contributed by atoms with Gasteiger partial charge in [-0.05, 0) is 24.6 Å². The van der Waals surface area contributed by atoms with E-state index in [-0.39, 0.29) is 6.17 Å². The molecule has 1 aliphatic rings. The summed E-state index contributed by atoms with van der Waals surface area (Å²) in [6, 6.07) is 12.5. The second-order valence-electron chi connectivity index (χ2n) is 4.03. The Kier molecular flexibility index (Phi) is 2.03. The Morgan fingerprint density at radius 2 is 1.88 bits per heavy atom. The van der Waals surface area contributed by atoms with Crippen molar-refractivity contribution in [3.8, 4) is 0 Å². The van der Waals surface area contributed by atoms with Gasteiger partial charge in [-0.15, -0.1) is 0 Å². The number of fused-ring (bicyclic) bond motifs is 1. The predicted molar refractivity (Wildman–Crippen MR) is 65.4 cm³/mol. The Labute approximate surface area is 94.5 Å². The molecule has 0 radical (unpaired) electrons. The van der Waals surface area contributed by atoms with Crippen LogP contribution in [0.1, 0.15) is 17.3 Å². The summed E-state index contributed by atoms with van der Waals surface area (Å²) in [6.45, 7) is 2.09. The number of hydrogen-bond donors (Lipinski definition) is 2. The Hall–Kier alpha value is -2.03. The molecule has 1 aromatic heterocycles. The SMILES string of the molecule is Cc1ccc(C2Nc3cccnc3N2)cc1. The zero-order chi connectivity index (χ0) is 11.0. The number of pyridine rings is 1. The highest BCUT2D eigenvalue weighted by atomic mass is 15.2. The average Bonchev–Trinajstić information content (AvgIpc) is 2.73. The standard InChI is InChI=1S/C13H13N3/c1-9-4-6-10(7-5-9)12-15-11-3-2-8-14-13(11)16-12/h2-8,12,15H,1H3,(H,14,16). The molecule has 0 amide bonds. The van der Waals surface area contributed by atoms with E-state index in [1.54, 1.807) is 6.20 Å². The molecule has 0 aliphatic carbocycles. The zero-order valence-electron chi connectivity index (χ0n) is 9.07. The van der Waals surface area contributed by atoms with Gasteiger partial charge >= 0.3 is 0 Å². The van der Waals surface area contributed by atoms with Crippen LogP contribution in [0.2, 0.25) is 0 Å². The quantitative estimate of drug-likeness (QED) is 0.761. The Morgan fingerprint density at radius 3 is 2.62 bits per heavy atom. The Balaban J connectivity index is 1.88. The van der Waals surface area contributed by atoms with Gasteiger partial charge in [-0.3, -0.25) is 0 Å². The Bertz CT molecular complexity index is 480. The van der Waals surface area contributed by atoms with Crippen molar-refractivity contribution in [3.63, 3.8) is 0 Å². The first kappa shape index (κ1) is 9.21. The molecule has 1 unspecified atom stereocenters. The third-order valence-corrected chi connectivity index (χ3v) is 2.80. The number of nitrogens with one attached hydrogen (secondary N) is 2. The van der Waals surface area contributed by atoms with Crippen LogP contribution in [0.15, 0.2) is 42.6 Å². The number of nitrogens with zero attached hydrogens (tertiary/aromatic N) is 1. The summed E-state index contributed by atoms with van der Waals surface area (Å²) in [7, 11) is 0. The molecule has 1 atom stereocenters. The van der Waals surface area contributed by atoms with Gasteiger partial charge in [0.15, 0.2) is 5.82 Å². The topological polar surface area (TPSA) is 37.0 Å². The van der Waals surface area contributed by atoms with Gasteiger partial charge in [-0.2, -0.15) is 0 Å². The van der Waals surface area contributed by atoms with Gasteiger partial charge in [0, 0.05) is 6.20 Å². The third kappa shape index (κ3) is 1.50. The first-order chi connectivity index (χ1) is 7.83. The fourth-order valence-electron chi connectivity index (χ4n) is 1.89. The van der Waals surface area contributed by atoms with Crippen molar-refractivity contribution < 1.29 is 0 Å². The molecule has 2 heterocycles. The monoisotopic (exact) mass is 211 g/mol. The maximum atomic E-state index is 4.28. The maximum absolute atomic E-state index is 4.28. The molecule has 0 bridgehead atoms. The van der Waals surface area contributed by atoms with Crippen LogP contribution in [0.5, 0.6) is 0 Å². The second kappa shape index (κ2) is 3.52. The third-order valence-electron chi connectivity index (χ3n) is 2.80. The van der Waals surface area contributed by atoms with E-state index >= 15 is 0 Å². The predicted octanol–water partition coefficient (Wildman–Crippen LogP) is 2.93. The minimum atomic E-state index is 0.130. The second-order valence-corrected chi connectivity index (χ2v) is 4.03. The van der Waals surface area contributed by atoms with E-state index in [2.05, 4.69) is 46.8 Å². The van der Waals surface area contributed by atoms with E-state index in [1.807, 2.05) is 12.1 Å². The Morgan fingerprint density at radius 1 is 1.06 bits per heavy atom. The lowest BCUT2D eigenvalue weighted by molar-refractivity contribution is 0.935. The highest BCUT2D eigenvalue weighted by molar-refractivity contribution is 5.70. The zero-order valence-corrected chi connectivity index (χ0v) is 9.07. The van der Waals surface area contributed by atoms with Crippen LogP contribution in [0.25, 0.3) is 0 Å². The van der Waals surface area contributed by atoms with Crippen molar-refractivity contribution >= 4 is 11.5 Å². The van der Waals surface area contributed by atoms with Crippen LogP contribution in [-0.4, -0.2) is 4.98 Å². The van der Waals surface area contributed by atoms with Gasteiger partial charge in [0.2, 0.25) is 0 Å². The van der Waals surface area contributed by atoms with Crippen molar-refractivity contribution in [2.45, 2.75) is 13.1 Å². The van der Waals surface area contributed by atoms with Crippen molar-refractivity contribution in [2.75, 3.05) is 10.6 Å². The van der Waals surface area contributed by atoms with Crippen LogP contribution in [0, 0.1) is 6.92 Å². The summed E-state index contributed by atoms with van der Waals surface area (Å²) in [6.07, 6.45) is 1.93. The highest BCUT2D eigenvalue weighted by Gasteiger charge is 2.20. The number of hydrogen-bond acceptors (Lipinski definition) is 3. The lowest BCUT2D eigenvalue weighted by atomic mass is 10.1. The van der Waals surface area contributed by atoms with Crippen LogP contribution in [0.3, 0.4) is 0 Å². The van der Waals surface area contributed by atoms with E-state index < -0.39 is 0 Å². The van der Waals surface area contributed by atoms with Crippen LogP contribution < -0.4 is 10.6 Å². The number of aryl methyl sites for hydroxylation is 1. The molecule has 1 aliphatic heterocycles. The van der Waals surface area contributed by atoms with E-state index in [0.717, 1.165) is 11.5 Å². The molecule has 1 aromatic carbocycles. The van der Waals surface area contributed by atoms with E-state index in [1.165, 1.54) is 11.1 Å². The lowest BCUT2D eigenvalue weighted by Crippen LogP contribution is -2.11. The summed E-state index contributed by atoms with van der Waals surface area (Å²) < 4.78 is 0. The molecule has 2 N–H and O–H groups in total. The van der Waals surface area contributed by atoms with Gasteiger partial charge in [0.1, 0.15) is 6.17 Å². The van der Waals surface area contributed by atoms with E-state index in [9.17, 15) is 0 Å². The van der Waals surface area contributed by atoms with Gasteiger partial charge in [0.25, 0.3) is 0 Å². The molecule has 3 heteroatoms. The largest absolute Gasteiger partial charge is 0.359 e. The van der Waals surface area contributed by atoms with Crippen molar-refractivity contribution in [3.05, 3.63) is 53.7 Å². The average molecular weight is 211 g/mol. The minimum absolute atomic E-state index is 0.130. The molecule has 0 saturated heterocycles. The fraction of sp³-hybridized carbons (Fsp3) is 0.154. The van der Waals surface area contributed by atoms with Crippen LogP contribution >= 0.6 is 0 Å². The molecule has 0 spiro atoms. The molecule has 3 rings (SSSR count). The molecule has 2 aromatic rings. The molecular formula is C13H13N3. The first-order valence-electron chi connectivity index (χ1n) is 5.37. The number of rotatable bonds is 1. The molecule has 0 fully saturated rings. The van der Waals surface area contributed by atoms with Gasteiger partial charge < -0.3 is 10.6 Å². The smallest absolute Gasteiger partial charge is 0.151 e. The number of benzene rings is 1. The minimum Gasteiger partial charge on any atom is -0.359 e. The molecule has 0 saturated carbocycles. The van der Waals surface area contributed by atoms with Gasteiger partial charge in [-0.1, -0.05) is 29.8 Å². The lowest BCUT2D eigenvalue weighted by Gasteiger charge is -2.12. The van der Waals surface area contributed by atoms with Crippen molar-refractivity contribution in [1.29, 1.82) is 0 Å². The summed E-state index contributed by atoms with van der Waals surface area (Å²) in [5.74, 6) is 0.924. The first-order valence-corrected chi connectivity index (χ1v) is 5.37.